The van der Waals surface area contributed by atoms with E-state index in [1.807, 2.05) is 0 Å². The van der Waals surface area contributed by atoms with Crippen LogP contribution in [0.5, 0.6) is 5.75 Å². The van der Waals surface area contributed by atoms with Crippen molar-refractivity contribution >= 4 is 11.8 Å². The number of thioether (sulfide) groups is 1. The lowest BCUT2D eigenvalue weighted by Crippen LogP contribution is -2.30. The lowest BCUT2D eigenvalue weighted by atomic mass is 10.2. The van der Waals surface area contributed by atoms with Crippen molar-refractivity contribution in [3.63, 3.8) is 0 Å². The zero-order chi connectivity index (χ0) is 12.9. The molecule has 0 heterocycles. The lowest BCUT2D eigenvalue weighted by molar-refractivity contribution is -0.195. The number of halogens is 3. The summed E-state index contributed by atoms with van der Waals surface area (Å²) in [5, 5.41) is 8.79. The first kappa shape index (κ1) is 14.2. The molecular weight excluding hydrogens is 253 g/mol. The summed E-state index contributed by atoms with van der Waals surface area (Å²) in [6, 6.07) is 7.09. The second-order valence-electron chi connectivity index (χ2n) is 3.42. The summed E-state index contributed by atoms with van der Waals surface area (Å²) < 4.78 is 41.0. The maximum Gasteiger partial charge on any atom is 0.415 e. The van der Waals surface area contributed by atoms with Gasteiger partial charge in [0.15, 0.2) is 6.10 Å². The summed E-state index contributed by atoms with van der Waals surface area (Å²) in [4.78, 5) is 0. The Labute approximate surface area is 102 Å². The molecule has 0 spiro atoms. The van der Waals surface area contributed by atoms with Gasteiger partial charge >= 0.3 is 6.18 Å². The third-order valence-corrected chi connectivity index (χ3v) is 3.15. The monoisotopic (exact) mass is 266 g/mol. The smallest absolute Gasteiger partial charge is 0.415 e. The SMILES string of the molecule is COc1cccc(CSC[C@@H](O)C(F)(F)F)c1. The van der Waals surface area contributed by atoms with E-state index in [2.05, 4.69) is 0 Å². The Kier molecular flexibility index (Phi) is 5.14. The van der Waals surface area contributed by atoms with Gasteiger partial charge in [-0.1, -0.05) is 12.1 Å². The van der Waals surface area contributed by atoms with Crippen molar-refractivity contribution in [3.8, 4) is 5.75 Å². The first-order valence-corrected chi connectivity index (χ1v) is 6.04. The highest BCUT2D eigenvalue weighted by atomic mass is 32.2. The van der Waals surface area contributed by atoms with Gasteiger partial charge in [-0.25, -0.2) is 0 Å². The molecule has 0 aliphatic heterocycles. The lowest BCUT2D eigenvalue weighted by Gasteiger charge is -2.13. The van der Waals surface area contributed by atoms with Crippen LogP contribution in [-0.2, 0) is 5.75 Å². The molecule has 6 heteroatoms. The van der Waals surface area contributed by atoms with Crippen molar-refractivity contribution in [1.29, 1.82) is 0 Å². The average molecular weight is 266 g/mol. The van der Waals surface area contributed by atoms with Crippen molar-refractivity contribution in [1.82, 2.24) is 0 Å². The summed E-state index contributed by atoms with van der Waals surface area (Å²) in [6.45, 7) is 0. The second kappa shape index (κ2) is 6.16. The molecule has 1 aromatic carbocycles. The van der Waals surface area contributed by atoms with Gasteiger partial charge in [0, 0.05) is 11.5 Å². The first-order chi connectivity index (χ1) is 7.93. The highest BCUT2D eigenvalue weighted by molar-refractivity contribution is 7.98. The molecule has 0 fully saturated rings. The fourth-order valence-corrected chi connectivity index (χ4v) is 2.09. The van der Waals surface area contributed by atoms with Gasteiger partial charge in [0.25, 0.3) is 0 Å². The van der Waals surface area contributed by atoms with Gasteiger partial charge in [-0.15, -0.1) is 0 Å². The third-order valence-electron chi connectivity index (χ3n) is 2.06. The fourth-order valence-electron chi connectivity index (χ4n) is 1.15. The number of aliphatic hydroxyl groups is 1. The van der Waals surface area contributed by atoms with Crippen LogP contribution in [0, 0.1) is 0 Å². The van der Waals surface area contributed by atoms with Crippen LogP contribution >= 0.6 is 11.8 Å². The van der Waals surface area contributed by atoms with Gasteiger partial charge in [0.05, 0.1) is 7.11 Å². The van der Waals surface area contributed by atoms with Gasteiger partial charge in [0.2, 0.25) is 0 Å². The van der Waals surface area contributed by atoms with E-state index < -0.39 is 12.3 Å². The molecule has 0 bridgehead atoms. The zero-order valence-corrected chi connectivity index (χ0v) is 10.0. The van der Waals surface area contributed by atoms with Crippen molar-refractivity contribution in [2.24, 2.45) is 0 Å². The zero-order valence-electron chi connectivity index (χ0n) is 9.20. The molecule has 0 amide bonds. The van der Waals surface area contributed by atoms with Gasteiger partial charge in [-0.2, -0.15) is 24.9 Å². The summed E-state index contributed by atoms with van der Waals surface area (Å²) in [5.41, 5.74) is 0.865. The van der Waals surface area contributed by atoms with Crippen LogP contribution in [0.25, 0.3) is 0 Å². The van der Waals surface area contributed by atoms with E-state index in [4.69, 9.17) is 9.84 Å². The third kappa shape index (κ3) is 4.87. The number of rotatable bonds is 5. The molecule has 0 aliphatic carbocycles. The Morgan fingerprint density at radius 2 is 2.12 bits per heavy atom. The van der Waals surface area contributed by atoms with Crippen molar-refractivity contribution in [2.75, 3.05) is 12.9 Å². The second-order valence-corrected chi connectivity index (χ2v) is 4.45. The Balaban J connectivity index is 2.40. The Morgan fingerprint density at radius 1 is 1.41 bits per heavy atom. The van der Waals surface area contributed by atoms with Crippen LogP contribution < -0.4 is 4.74 Å². The standard InChI is InChI=1S/C11H13F3O2S/c1-16-9-4-2-3-8(5-9)6-17-7-10(15)11(12,13)14/h2-5,10,15H,6-7H2,1H3/t10-/m1/s1. The minimum Gasteiger partial charge on any atom is -0.497 e. The minimum absolute atomic E-state index is 0.360. The molecule has 1 atom stereocenters. The van der Waals surface area contributed by atoms with E-state index in [1.54, 1.807) is 24.3 Å². The summed E-state index contributed by atoms with van der Waals surface area (Å²) in [6.07, 6.45) is -6.81. The molecule has 0 unspecified atom stereocenters. The Hall–Kier alpha value is -0.880. The quantitative estimate of drug-likeness (QED) is 0.888. The van der Waals surface area contributed by atoms with Gasteiger partial charge in [-0.05, 0) is 17.7 Å². The van der Waals surface area contributed by atoms with E-state index in [-0.39, 0.29) is 5.75 Å². The maximum absolute atomic E-state index is 12.0. The average Bonchev–Trinajstić information content (AvgIpc) is 2.28. The molecule has 0 saturated heterocycles. The largest absolute Gasteiger partial charge is 0.497 e. The van der Waals surface area contributed by atoms with Crippen molar-refractivity contribution < 1.29 is 23.0 Å². The van der Waals surface area contributed by atoms with Gasteiger partial charge in [0.1, 0.15) is 5.75 Å². The molecule has 0 aromatic heterocycles. The molecule has 96 valence electrons. The number of hydrogen-bond donors (Lipinski definition) is 1. The minimum atomic E-state index is -4.54. The first-order valence-electron chi connectivity index (χ1n) is 4.89. The molecule has 1 N–H and O–H groups in total. The van der Waals surface area contributed by atoms with E-state index in [9.17, 15) is 13.2 Å². The number of alkyl halides is 3. The molecule has 0 radical (unpaired) electrons. The fraction of sp³-hybridized carbons (Fsp3) is 0.455. The molecule has 2 nitrogen and oxygen atoms in total. The molecule has 1 aromatic rings. The van der Waals surface area contributed by atoms with Crippen molar-refractivity contribution in [3.05, 3.63) is 29.8 Å². The molecular formula is C11H13F3O2S. The Morgan fingerprint density at radius 3 is 2.71 bits per heavy atom. The molecule has 0 aliphatic rings. The number of methoxy groups -OCH3 is 1. The number of hydrogen-bond acceptors (Lipinski definition) is 3. The number of aliphatic hydroxyl groups excluding tert-OH is 1. The highest BCUT2D eigenvalue weighted by Crippen LogP contribution is 2.25. The highest BCUT2D eigenvalue weighted by Gasteiger charge is 2.37. The van der Waals surface area contributed by atoms with E-state index in [1.165, 1.54) is 7.11 Å². The normalized spacial score (nSPS) is 13.5. The van der Waals surface area contributed by atoms with Crippen LogP contribution in [0.3, 0.4) is 0 Å². The molecule has 0 saturated carbocycles. The van der Waals surface area contributed by atoms with Crippen LogP contribution in [0.2, 0.25) is 0 Å². The number of benzene rings is 1. The molecule has 1 rings (SSSR count). The predicted molar refractivity (Wildman–Crippen MR) is 61.2 cm³/mol. The van der Waals surface area contributed by atoms with Crippen LogP contribution in [0.1, 0.15) is 5.56 Å². The van der Waals surface area contributed by atoms with E-state index in [0.717, 1.165) is 17.3 Å². The Bertz CT molecular complexity index is 355. The van der Waals surface area contributed by atoms with Crippen LogP contribution in [0.15, 0.2) is 24.3 Å². The summed E-state index contributed by atoms with van der Waals surface area (Å²) in [5.74, 6) is 0.713. The predicted octanol–water partition coefficient (Wildman–Crippen LogP) is 2.85. The van der Waals surface area contributed by atoms with E-state index in [0.29, 0.717) is 11.5 Å². The van der Waals surface area contributed by atoms with Gasteiger partial charge in [-0.3, -0.25) is 0 Å². The van der Waals surface area contributed by atoms with E-state index >= 15 is 0 Å². The van der Waals surface area contributed by atoms with Gasteiger partial charge < -0.3 is 9.84 Å². The van der Waals surface area contributed by atoms with Crippen LogP contribution in [-0.4, -0.2) is 30.2 Å². The summed E-state index contributed by atoms with van der Waals surface area (Å²) in [7, 11) is 1.53. The number of ether oxygens (including phenoxy) is 1. The summed E-state index contributed by atoms with van der Waals surface area (Å²) >= 11 is 1.03. The van der Waals surface area contributed by atoms with Crippen molar-refractivity contribution in [2.45, 2.75) is 18.0 Å². The maximum atomic E-state index is 12.0. The topological polar surface area (TPSA) is 29.5 Å². The molecule has 17 heavy (non-hydrogen) atoms. The van der Waals surface area contributed by atoms with Crippen LogP contribution in [0.4, 0.5) is 13.2 Å².